The van der Waals surface area contributed by atoms with Crippen LogP contribution >= 0.6 is 11.3 Å². The fourth-order valence-corrected chi connectivity index (χ4v) is 6.98. The number of rotatable bonds is 9. The van der Waals surface area contributed by atoms with E-state index in [-0.39, 0.29) is 12.6 Å². The van der Waals surface area contributed by atoms with Crippen LogP contribution in [0.4, 0.5) is 0 Å². The lowest BCUT2D eigenvalue weighted by Crippen LogP contribution is -2.68. The van der Waals surface area contributed by atoms with Crippen molar-refractivity contribution in [2.75, 3.05) is 6.61 Å². The van der Waals surface area contributed by atoms with Gasteiger partial charge in [0.05, 0.1) is 27.4 Å². The Kier molecular flexibility index (Phi) is 12.9. The monoisotopic (exact) mass is 756 g/mol. The number of aromatic nitrogens is 1. The highest BCUT2D eigenvalue weighted by Gasteiger charge is 2.57. The zero-order chi connectivity index (χ0) is 39.7. The molecule has 0 bridgehead atoms. The van der Waals surface area contributed by atoms with Crippen molar-refractivity contribution in [1.29, 1.82) is 0 Å². The maximum absolute atomic E-state index is 13.8. The van der Waals surface area contributed by atoms with Crippen molar-refractivity contribution in [2.24, 2.45) is 21.7 Å². The smallest absolute Gasteiger partial charge is 0.311 e. The summed E-state index contributed by atoms with van der Waals surface area (Å²) in [5.41, 5.74) is -1.63. The summed E-state index contributed by atoms with van der Waals surface area (Å²) >= 11 is 1.60. The quantitative estimate of drug-likeness (QED) is 0.186. The molecule has 6 atom stereocenters. The molecule has 4 rings (SSSR count). The second kappa shape index (κ2) is 16.2. The third kappa shape index (κ3) is 10.5. The first-order chi connectivity index (χ1) is 24.4. The number of carbonyl (C=O) groups is 4. The number of hydrogen-bond acceptors (Lipinski definition) is 12. The molecule has 1 aromatic carbocycles. The minimum absolute atomic E-state index is 0.0931. The number of thiazole rings is 1. The SMILES string of the molecule is CCC[C@@H]1Cc2nc(-c3ccccc3)sc2CN1[C@@H]1O[C@H](COC(=O)C(C)(C)C)[C@H](OC(=O)C(C)(C)C)[C@H](OC(=O)C(C)(C)C)[C@H]1OC(=O)C(C)(C)C. The van der Waals surface area contributed by atoms with E-state index in [0.717, 1.165) is 34.0 Å². The zero-order valence-electron chi connectivity index (χ0n) is 33.9. The molecule has 1 saturated heterocycles. The van der Waals surface area contributed by atoms with E-state index < -0.39 is 76.2 Å². The Morgan fingerprint density at radius 2 is 1.26 bits per heavy atom. The number of hydrogen-bond donors (Lipinski definition) is 0. The van der Waals surface area contributed by atoms with E-state index in [1.165, 1.54) is 0 Å². The third-order valence-corrected chi connectivity index (χ3v) is 10.3. The lowest BCUT2D eigenvalue weighted by Gasteiger charge is -2.51. The molecule has 12 heteroatoms. The maximum atomic E-state index is 13.8. The summed E-state index contributed by atoms with van der Waals surface area (Å²) in [6.07, 6.45) is -3.62. The molecule has 0 N–H and O–H groups in total. The Balaban J connectivity index is 1.89. The van der Waals surface area contributed by atoms with Crippen molar-refractivity contribution in [3.05, 3.63) is 40.9 Å². The molecule has 11 nitrogen and oxygen atoms in total. The molecule has 0 unspecified atom stereocenters. The number of nitrogens with zero attached hydrogens (tertiary/aromatic N) is 2. The minimum atomic E-state index is -1.30. The van der Waals surface area contributed by atoms with Gasteiger partial charge in [0.1, 0.15) is 17.7 Å². The fraction of sp³-hybridized carbons (Fsp3) is 0.683. The molecule has 1 fully saturated rings. The lowest BCUT2D eigenvalue weighted by molar-refractivity contribution is -0.290. The van der Waals surface area contributed by atoms with E-state index in [1.807, 2.05) is 30.3 Å². The molecule has 0 saturated carbocycles. The van der Waals surface area contributed by atoms with Gasteiger partial charge in [0, 0.05) is 29.4 Å². The lowest BCUT2D eigenvalue weighted by atomic mass is 9.90. The molecule has 0 aliphatic carbocycles. The van der Waals surface area contributed by atoms with Gasteiger partial charge in [-0.25, -0.2) is 4.98 Å². The highest BCUT2D eigenvalue weighted by atomic mass is 32.1. The average Bonchev–Trinajstić information content (AvgIpc) is 3.47. The maximum Gasteiger partial charge on any atom is 0.311 e. The van der Waals surface area contributed by atoms with Gasteiger partial charge in [0.2, 0.25) is 0 Å². The number of benzene rings is 1. The van der Waals surface area contributed by atoms with E-state index >= 15 is 0 Å². The molecule has 2 aliphatic rings. The molecule has 3 heterocycles. The van der Waals surface area contributed by atoms with Gasteiger partial charge in [-0.2, -0.15) is 0 Å². The Morgan fingerprint density at radius 1 is 0.755 bits per heavy atom. The molecule has 53 heavy (non-hydrogen) atoms. The third-order valence-electron chi connectivity index (χ3n) is 9.14. The first kappa shape index (κ1) is 42.4. The van der Waals surface area contributed by atoms with Crippen molar-refractivity contribution < 1.29 is 42.9 Å². The van der Waals surface area contributed by atoms with Crippen LogP contribution in [0.2, 0.25) is 0 Å². The van der Waals surface area contributed by atoms with E-state index in [4.69, 9.17) is 28.7 Å². The fourth-order valence-electron chi connectivity index (χ4n) is 5.88. The molecule has 1 aromatic heterocycles. The molecule has 0 spiro atoms. The topological polar surface area (TPSA) is 131 Å². The number of fused-ring (bicyclic) bond motifs is 1. The summed E-state index contributed by atoms with van der Waals surface area (Å²) in [5, 5.41) is 0.908. The second-order valence-corrected chi connectivity index (χ2v) is 19.4. The van der Waals surface area contributed by atoms with Crippen molar-refractivity contribution >= 4 is 35.2 Å². The predicted octanol–water partition coefficient (Wildman–Crippen LogP) is 7.52. The number of esters is 4. The van der Waals surface area contributed by atoms with Crippen molar-refractivity contribution in [3.8, 4) is 10.6 Å². The van der Waals surface area contributed by atoms with Gasteiger partial charge >= 0.3 is 23.9 Å². The highest BCUT2D eigenvalue weighted by molar-refractivity contribution is 7.15. The van der Waals surface area contributed by atoms with Gasteiger partial charge in [-0.05, 0) is 89.5 Å². The van der Waals surface area contributed by atoms with E-state index in [9.17, 15) is 19.2 Å². The standard InChI is InChI=1S/C41H60N2O9S/c1-14-18-25-21-26-28(53-32(42-26)24-19-16-15-17-20-24)22-43(25)33-31(52-37(47)41(11,12)13)30(51-36(46)40(8,9)10)29(50-35(45)39(5,6)7)27(49-33)23-48-34(44)38(2,3)4/h15-17,19-20,25,27,29-31,33H,14,18,21-23H2,1-13H3/t25-,27-,29+,30+,31-,33-/m1/s1. The summed E-state index contributed by atoms with van der Waals surface area (Å²) in [6.45, 7) is 23.0. The van der Waals surface area contributed by atoms with Crippen LogP contribution in [-0.4, -0.2) is 77.1 Å². The molecule has 2 aromatic rings. The summed E-state index contributed by atoms with van der Waals surface area (Å²) in [7, 11) is 0. The number of carbonyl (C=O) groups excluding carboxylic acids is 4. The van der Waals surface area contributed by atoms with Crippen LogP contribution in [0.1, 0.15) is 113 Å². The van der Waals surface area contributed by atoms with Crippen LogP contribution in [-0.2, 0) is 55.8 Å². The van der Waals surface area contributed by atoms with E-state index in [1.54, 1.807) is 94.4 Å². The summed E-state index contributed by atoms with van der Waals surface area (Å²) in [6, 6.07) is 9.92. The first-order valence-electron chi connectivity index (χ1n) is 18.7. The molecule has 0 radical (unpaired) electrons. The summed E-state index contributed by atoms with van der Waals surface area (Å²) < 4.78 is 31.6. The molecule has 0 amide bonds. The Labute approximate surface area is 319 Å². The Bertz CT molecular complexity index is 1610. The summed E-state index contributed by atoms with van der Waals surface area (Å²) in [5.74, 6) is -2.19. The average molecular weight is 757 g/mol. The Morgan fingerprint density at radius 3 is 1.77 bits per heavy atom. The molecule has 2 aliphatic heterocycles. The van der Waals surface area contributed by atoms with Crippen LogP contribution in [0.5, 0.6) is 0 Å². The van der Waals surface area contributed by atoms with Gasteiger partial charge in [-0.3, -0.25) is 24.1 Å². The van der Waals surface area contributed by atoms with Crippen LogP contribution in [0.3, 0.4) is 0 Å². The largest absolute Gasteiger partial charge is 0.462 e. The second-order valence-electron chi connectivity index (χ2n) is 18.3. The normalized spacial score (nSPS) is 24.2. The summed E-state index contributed by atoms with van der Waals surface area (Å²) in [4.78, 5) is 62.6. The van der Waals surface area contributed by atoms with Gasteiger partial charge in [-0.15, -0.1) is 11.3 Å². The molecular formula is C41H60N2O9S. The Hall–Kier alpha value is -3.35. The van der Waals surface area contributed by atoms with Crippen molar-refractivity contribution in [1.82, 2.24) is 9.88 Å². The van der Waals surface area contributed by atoms with Gasteiger partial charge in [-0.1, -0.05) is 43.7 Å². The van der Waals surface area contributed by atoms with Crippen molar-refractivity contribution in [2.45, 2.75) is 153 Å². The van der Waals surface area contributed by atoms with E-state index in [2.05, 4.69) is 11.8 Å². The molecule has 294 valence electrons. The van der Waals surface area contributed by atoms with Crippen LogP contribution < -0.4 is 0 Å². The van der Waals surface area contributed by atoms with Gasteiger partial charge < -0.3 is 23.7 Å². The first-order valence-corrected chi connectivity index (χ1v) is 19.5. The number of ether oxygens (including phenoxy) is 5. The highest BCUT2D eigenvalue weighted by Crippen LogP contribution is 2.41. The van der Waals surface area contributed by atoms with Crippen molar-refractivity contribution in [3.63, 3.8) is 0 Å². The van der Waals surface area contributed by atoms with Crippen LogP contribution in [0.25, 0.3) is 10.6 Å². The zero-order valence-corrected chi connectivity index (χ0v) is 34.7. The predicted molar refractivity (Wildman–Crippen MR) is 203 cm³/mol. The minimum Gasteiger partial charge on any atom is -0.462 e. The van der Waals surface area contributed by atoms with Gasteiger partial charge in [0.15, 0.2) is 24.5 Å². The van der Waals surface area contributed by atoms with Crippen LogP contribution in [0, 0.1) is 21.7 Å². The van der Waals surface area contributed by atoms with Crippen LogP contribution in [0.15, 0.2) is 30.3 Å². The molecular weight excluding hydrogens is 697 g/mol. The van der Waals surface area contributed by atoms with Gasteiger partial charge in [0.25, 0.3) is 0 Å². The van der Waals surface area contributed by atoms with E-state index in [0.29, 0.717) is 13.0 Å².